The van der Waals surface area contributed by atoms with Crippen LogP contribution in [0, 0.1) is 0 Å². The predicted molar refractivity (Wildman–Crippen MR) is 112 cm³/mol. The van der Waals surface area contributed by atoms with Crippen LogP contribution < -0.4 is 0 Å². The van der Waals surface area contributed by atoms with Crippen molar-refractivity contribution in [1.29, 1.82) is 0 Å². The van der Waals surface area contributed by atoms with Crippen molar-refractivity contribution in [1.82, 2.24) is 0 Å². The summed E-state index contributed by atoms with van der Waals surface area (Å²) >= 11 is 5.08. The Balaban J connectivity index is 3.96. The summed E-state index contributed by atoms with van der Waals surface area (Å²) in [4.78, 5) is 11.6. The maximum absolute atomic E-state index is 12.3. The van der Waals surface area contributed by atoms with Crippen LogP contribution in [0.15, 0.2) is 0 Å². The van der Waals surface area contributed by atoms with Gasteiger partial charge in [0.15, 0.2) is 0 Å². The van der Waals surface area contributed by atoms with E-state index < -0.39 is 19.6 Å². The molecule has 0 bridgehead atoms. The molecule has 25 heavy (non-hydrogen) atoms. The van der Waals surface area contributed by atoms with E-state index >= 15 is 0 Å². The molecule has 4 nitrogen and oxygen atoms in total. The molecule has 0 aromatic rings. The molecule has 7 heteroatoms. The number of methoxy groups -OCH3 is 1. The summed E-state index contributed by atoms with van der Waals surface area (Å²) < 4.78 is 28.1. The van der Waals surface area contributed by atoms with Gasteiger partial charge in [0, 0.05) is 0 Å². The highest BCUT2D eigenvalue weighted by atomic mass is 33.1. The van der Waals surface area contributed by atoms with Crippen molar-refractivity contribution >= 4 is 42.0 Å². The Labute approximate surface area is 163 Å². The summed E-state index contributed by atoms with van der Waals surface area (Å²) in [7, 11) is -1.80. The molecule has 0 N–H and O–H groups in total. The molecule has 0 unspecified atom stereocenters. The van der Waals surface area contributed by atoms with Crippen molar-refractivity contribution in [3.63, 3.8) is 0 Å². The highest BCUT2D eigenvalue weighted by Gasteiger charge is 2.37. The molecular weight excluding hydrogens is 376 g/mol. The van der Waals surface area contributed by atoms with E-state index in [4.69, 9.17) is 12.2 Å². The van der Waals surface area contributed by atoms with Gasteiger partial charge in [-0.3, -0.25) is 4.79 Å². The average Bonchev–Trinajstić information content (AvgIpc) is 2.54. The topological polar surface area (TPSA) is 60.4 Å². The van der Waals surface area contributed by atoms with Crippen LogP contribution in [0.2, 0.25) is 0 Å². The minimum absolute atomic E-state index is 0.0362. The standard InChI is InChI=1S/C18H34O4S3/c1-5-6-7-8-9-10-11-12-13-14-15-16(23)25(20,21)24-18(2,3)17(19)22-4/h5-15H2,1-4H3. The minimum Gasteiger partial charge on any atom is -0.468 e. The fourth-order valence-electron chi connectivity index (χ4n) is 2.48. The van der Waals surface area contributed by atoms with Gasteiger partial charge in [0.1, 0.15) is 8.94 Å². The smallest absolute Gasteiger partial charge is 0.322 e. The van der Waals surface area contributed by atoms with E-state index in [2.05, 4.69) is 11.7 Å². The fourth-order valence-corrected chi connectivity index (χ4v) is 6.50. The molecule has 0 amide bonds. The van der Waals surface area contributed by atoms with E-state index in [1.165, 1.54) is 65.9 Å². The lowest BCUT2D eigenvalue weighted by atomic mass is 10.1. The average molecular weight is 411 g/mol. The molecule has 0 rings (SSSR count). The summed E-state index contributed by atoms with van der Waals surface area (Å²) in [5.74, 6) is -0.567. The van der Waals surface area contributed by atoms with Crippen molar-refractivity contribution in [3.05, 3.63) is 0 Å². The normalized spacial score (nSPS) is 12.2. The van der Waals surface area contributed by atoms with Crippen LogP contribution in [0.3, 0.4) is 0 Å². The Bertz CT molecular complexity index is 498. The van der Waals surface area contributed by atoms with Gasteiger partial charge in [-0.05, 0) is 37.5 Å². The summed E-state index contributed by atoms with van der Waals surface area (Å²) in [6, 6.07) is 0. The predicted octanol–water partition coefficient (Wildman–Crippen LogP) is 5.64. The first kappa shape index (κ1) is 24.9. The van der Waals surface area contributed by atoms with Gasteiger partial charge in [0.2, 0.25) is 8.87 Å². The van der Waals surface area contributed by atoms with Gasteiger partial charge in [-0.15, -0.1) is 0 Å². The number of ether oxygens (including phenoxy) is 1. The van der Waals surface area contributed by atoms with Crippen molar-refractivity contribution < 1.29 is 17.9 Å². The van der Waals surface area contributed by atoms with Gasteiger partial charge >= 0.3 is 5.97 Å². The van der Waals surface area contributed by atoms with Gasteiger partial charge in [0.25, 0.3) is 0 Å². The van der Waals surface area contributed by atoms with Crippen LogP contribution >= 0.6 is 23.0 Å². The van der Waals surface area contributed by atoms with E-state index in [0.29, 0.717) is 17.2 Å². The molecule has 0 heterocycles. The number of rotatable bonds is 14. The Morgan fingerprint density at radius 2 is 1.40 bits per heavy atom. The molecule has 0 spiro atoms. The molecule has 0 fully saturated rings. The molecule has 0 aromatic heterocycles. The zero-order valence-electron chi connectivity index (χ0n) is 16.1. The Kier molecular flexibility index (Phi) is 13.0. The first-order valence-electron chi connectivity index (χ1n) is 9.24. The molecule has 0 aliphatic rings. The third-order valence-corrected chi connectivity index (χ3v) is 9.26. The number of hydrogen-bond acceptors (Lipinski definition) is 6. The van der Waals surface area contributed by atoms with E-state index in [1.54, 1.807) is 0 Å². The van der Waals surface area contributed by atoms with E-state index in [-0.39, 0.29) is 4.20 Å². The SMILES string of the molecule is CCCCCCCCCCCCC(=S)S(=O)(=O)SC(C)(C)C(=O)OC. The highest BCUT2D eigenvalue weighted by molar-refractivity contribution is 8.79. The molecule has 0 atom stereocenters. The Morgan fingerprint density at radius 1 is 0.960 bits per heavy atom. The first-order chi connectivity index (χ1) is 11.7. The number of unbranched alkanes of at least 4 members (excludes halogenated alkanes) is 9. The van der Waals surface area contributed by atoms with Crippen LogP contribution in [-0.2, 0) is 18.4 Å². The quantitative estimate of drug-likeness (QED) is 0.160. The van der Waals surface area contributed by atoms with Crippen LogP contribution in [0.1, 0.15) is 91.4 Å². The molecule has 0 radical (unpaired) electrons. The second-order valence-corrected chi connectivity index (χ2v) is 12.0. The Morgan fingerprint density at radius 3 is 1.84 bits per heavy atom. The third kappa shape index (κ3) is 11.2. The molecule has 0 saturated heterocycles. The Hall–Kier alpha value is -0.140. The van der Waals surface area contributed by atoms with E-state index in [0.717, 1.165) is 19.3 Å². The lowest BCUT2D eigenvalue weighted by molar-refractivity contribution is -0.142. The van der Waals surface area contributed by atoms with Crippen molar-refractivity contribution in [2.75, 3.05) is 7.11 Å². The summed E-state index contributed by atoms with van der Waals surface area (Å²) in [6.45, 7) is 5.29. The maximum Gasteiger partial charge on any atom is 0.322 e. The largest absolute Gasteiger partial charge is 0.468 e. The molecule has 0 aliphatic carbocycles. The number of esters is 1. The second kappa shape index (κ2) is 13.1. The number of carbonyl (C=O) groups is 1. The fraction of sp³-hybridized carbons (Fsp3) is 0.889. The van der Waals surface area contributed by atoms with E-state index in [1.807, 2.05) is 0 Å². The van der Waals surface area contributed by atoms with Gasteiger partial charge < -0.3 is 4.74 Å². The molecule has 0 aromatic carbocycles. The zero-order chi connectivity index (χ0) is 19.3. The van der Waals surface area contributed by atoms with Crippen molar-refractivity contribution in [3.8, 4) is 0 Å². The molecule has 0 aliphatic heterocycles. The van der Waals surface area contributed by atoms with Crippen LogP contribution in [0.25, 0.3) is 0 Å². The molecule has 0 saturated carbocycles. The van der Waals surface area contributed by atoms with E-state index in [9.17, 15) is 13.2 Å². The zero-order valence-corrected chi connectivity index (χ0v) is 18.6. The second-order valence-electron chi connectivity index (χ2n) is 6.84. The number of carbonyl (C=O) groups excluding carboxylic acids is 1. The number of hydrogen-bond donors (Lipinski definition) is 0. The van der Waals surface area contributed by atoms with Crippen LogP contribution in [-0.4, -0.2) is 30.4 Å². The van der Waals surface area contributed by atoms with Gasteiger partial charge in [0.05, 0.1) is 7.11 Å². The van der Waals surface area contributed by atoms with Gasteiger partial charge in [-0.25, -0.2) is 8.42 Å². The highest BCUT2D eigenvalue weighted by Crippen LogP contribution is 2.33. The molecular formula is C18H34O4S3. The van der Waals surface area contributed by atoms with Crippen LogP contribution in [0.4, 0.5) is 0 Å². The molecule has 148 valence electrons. The number of thiocarbonyl (C=S) groups is 1. The lowest BCUT2D eigenvalue weighted by Gasteiger charge is -2.20. The van der Waals surface area contributed by atoms with Crippen molar-refractivity contribution in [2.24, 2.45) is 0 Å². The summed E-state index contributed by atoms with van der Waals surface area (Å²) in [6.07, 6.45) is 12.3. The van der Waals surface area contributed by atoms with Crippen LogP contribution in [0.5, 0.6) is 0 Å². The van der Waals surface area contributed by atoms with Gasteiger partial charge in [-0.1, -0.05) is 76.9 Å². The summed E-state index contributed by atoms with van der Waals surface area (Å²) in [5.41, 5.74) is 0. The maximum atomic E-state index is 12.3. The monoisotopic (exact) mass is 410 g/mol. The summed E-state index contributed by atoms with van der Waals surface area (Å²) in [5, 5.41) is 0. The lowest BCUT2D eigenvalue weighted by Crippen LogP contribution is -2.31. The van der Waals surface area contributed by atoms with Gasteiger partial charge in [-0.2, -0.15) is 0 Å². The third-order valence-electron chi connectivity index (χ3n) is 4.01. The first-order valence-corrected chi connectivity index (χ1v) is 12.5. The van der Waals surface area contributed by atoms with Crippen molar-refractivity contribution in [2.45, 2.75) is 96.1 Å². The minimum atomic E-state index is -3.64.